The van der Waals surface area contributed by atoms with Gasteiger partial charge in [0.1, 0.15) is 5.82 Å². The van der Waals surface area contributed by atoms with Gasteiger partial charge in [-0.3, -0.25) is 9.48 Å². The van der Waals surface area contributed by atoms with E-state index >= 15 is 0 Å². The topological polar surface area (TPSA) is 68.0 Å². The van der Waals surface area contributed by atoms with Crippen LogP contribution in [-0.2, 0) is 14.1 Å². The Labute approximate surface area is 146 Å². The summed E-state index contributed by atoms with van der Waals surface area (Å²) < 4.78 is 3.80. The molecule has 7 nitrogen and oxygen atoms in total. The maximum Gasteiger partial charge on any atom is 0.251 e. The Bertz CT molecular complexity index is 940. The van der Waals surface area contributed by atoms with Gasteiger partial charge >= 0.3 is 0 Å². The van der Waals surface area contributed by atoms with Crippen LogP contribution in [0.3, 0.4) is 0 Å². The second-order valence-corrected chi connectivity index (χ2v) is 6.67. The third-order valence-corrected chi connectivity index (χ3v) is 4.91. The zero-order valence-corrected chi connectivity index (χ0v) is 14.7. The number of hydrogen-bond donors (Lipinski definition) is 1. The molecule has 1 N–H and O–H groups in total. The van der Waals surface area contributed by atoms with Crippen LogP contribution in [0.1, 0.15) is 22.6 Å². The van der Waals surface area contributed by atoms with E-state index in [-0.39, 0.29) is 11.9 Å². The van der Waals surface area contributed by atoms with Crippen molar-refractivity contribution in [1.82, 2.24) is 24.6 Å². The van der Waals surface area contributed by atoms with Crippen molar-refractivity contribution in [3.63, 3.8) is 0 Å². The Hall–Kier alpha value is -2.83. The molecule has 1 unspecified atom stereocenters. The molecule has 0 spiro atoms. The summed E-state index contributed by atoms with van der Waals surface area (Å²) in [5, 5.41) is 7.58. The van der Waals surface area contributed by atoms with Crippen LogP contribution in [0.4, 0.5) is 5.82 Å². The number of nitrogens with one attached hydrogen (secondary N) is 1. The number of nitrogens with zero attached hydrogens (tertiary/aromatic N) is 5. The number of carbonyl (C=O) groups is 1. The van der Waals surface area contributed by atoms with E-state index in [0.717, 1.165) is 42.2 Å². The Morgan fingerprint density at radius 3 is 2.88 bits per heavy atom. The molecule has 1 aliphatic heterocycles. The van der Waals surface area contributed by atoms with Crippen LogP contribution in [-0.4, -0.2) is 44.4 Å². The summed E-state index contributed by atoms with van der Waals surface area (Å²) in [7, 11) is 3.88. The lowest BCUT2D eigenvalue weighted by Crippen LogP contribution is -2.37. The molecule has 25 heavy (non-hydrogen) atoms. The van der Waals surface area contributed by atoms with Gasteiger partial charge in [0.05, 0.1) is 11.0 Å². The van der Waals surface area contributed by atoms with Crippen molar-refractivity contribution < 1.29 is 4.79 Å². The van der Waals surface area contributed by atoms with Crippen LogP contribution in [0, 0.1) is 6.92 Å². The van der Waals surface area contributed by atoms with Crippen molar-refractivity contribution in [2.24, 2.45) is 14.1 Å². The maximum absolute atomic E-state index is 12.6. The minimum Gasteiger partial charge on any atom is -0.353 e. The molecule has 0 radical (unpaired) electrons. The molecular weight excluding hydrogens is 316 g/mol. The number of benzene rings is 1. The van der Waals surface area contributed by atoms with Crippen LogP contribution in [0.2, 0.25) is 0 Å². The predicted octanol–water partition coefficient (Wildman–Crippen LogP) is 1.62. The molecule has 1 saturated heterocycles. The Balaban J connectivity index is 1.46. The lowest BCUT2D eigenvalue weighted by atomic mass is 10.1. The summed E-state index contributed by atoms with van der Waals surface area (Å²) >= 11 is 0. The van der Waals surface area contributed by atoms with Gasteiger partial charge in [-0.05, 0) is 31.5 Å². The fraction of sp³-hybridized carbons (Fsp3) is 0.389. The van der Waals surface area contributed by atoms with Crippen LogP contribution in [0.15, 0.2) is 30.5 Å². The molecule has 0 bridgehead atoms. The number of aromatic nitrogens is 4. The highest BCUT2D eigenvalue weighted by molar-refractivity contribution is 5.97. The zero-order valence-electron chi connectivity index (χ0n) is 14.7. The first-order valence-electron chi connectivity index (χ1n) is 8.50. The number of hydrogen-bond acceptors (Lipinski definition) is 4. The van der Waals surface area contributed by atoms with E-state index in [0.29, 0.717) is 5.56 Å². The van der Waals surface area contributed by atoms with Crippen molar-refractivity contribution in [1.29, 1.82) is 0 Å². The largest absolute Gasteiger partial charge is 0.353 e. The first kappa shape index (κ1) is 15.7. The molecule has 4 rings (SSSR count). The van der Waals surface area contributed by atoms with E-state index in [1.54, 1.807) is 4.68 Å². The van der Waals surface area contributed by atoms with E-state index in [9.17, 15) is 4.79 Å². The molecule has 1 amide bonds. The summed E-state index contributed by atoms with van der Waals surface area (Å²) in [5.41, 5.74) is 2.57. The smallest absolute Gasteiger partial charge is 0.251 e. The Morgan fingerprint density at radius 1 is 1.28 bits per heavy atom. The first-order valence-corrected chi connectivity index (χ1v) is 8.50. The van der Waals surface area contributed by atoms with E-state index in [2.05, 4.69) is 20.3 Å². The number of amides is 1. The monoisotopic (exact) mass is 338 g/mol. The molecule has 7 heteroatoms. The number of carbonyl (C=O) groups excluding carboxylic acids is 1. The number of anilines is 1. The second kappa shape index (κ2) is 5.91. The van der Waals surface area contributed by atoms with Gasteiger partial charge in [-0.25, -0.2) is 4.98 Å². The Kier molecular flexibility index (Phi) is 3.71. The van der Waals surface area contributed by atoms with Gasteiger partial charge in [0.2, 0.25) is 0 Å². The molecule has 1 aromatic carbocycles. The van der Waals surface area contributed by atoms with Gasteiger partial charge in [0.15, 0.2) is 5.82 Å². The normalized spacial score (nSPS) is 17.4. The quantitative estimate of drug-likeness (QED) is 0.788. The van der Waals surface area contributed by atoms with Gasteiger partial charge in [-0.15, -0.1) is 0 Å². The number of fused-ring (bicyclic) bond motifs is 1. The molecule has 1 atom stereocenters. The van der Waals surface area contributed by atoms with Crippen LogP contribution in [0.25, 0.3) is 11.0 Å². The summed E-state index contributed by atoms with van der Waals surface area (Å²) in [6.07, 6.45) is 2.86. The third-order valence-electron chi connectivity index (χ3n) is 4.91. The van der Waals surface area contributed by atoms with Gasteiger partial charge in [0, 0.05) is 51.1 Å². The SMILES string of the molecule is Cc1nc2ccc(C(=O)NC3CCN(c4ccn(C)n4)C3)cc2n1C. The average molecular weight is 338 g/mol. The van der Waals surface area contributed by atoms with Gasteiger partial charge in [-0.1, -0.05) is 0 Å². The lowest BCUT2D eigenvalue weighted by molar-refractivity contribution is 0.0940. The summed E-state index contributed by atoms with van der Waals surface area (Å²) in [6, 6.07) is 7.80. The van der Waals surface area contributed by atoms with E-state index < -0.39 is 0 Å². The van der Waals surface area contributed by atoms with Gasteiger partial charge < -0.3 is 14.8 Å². The fourth-order valence-electron chi connectivity index (χ4n) is 3.38. The minimum atomic E-state index is -0.0337. The van der Waals surface area contributed by atoms with E-state index in [1.807, 2.05) is 56.0 Å². The highest BCUT2D eigenvalue weighted by Gasteiger charge is 2.25. The van der Waals surface area contributed by atoms with E-state index in [1.165, 1.54) is 0 Å². The summed E-state index contributed by atoms with van der Waals surface area (Å²) in [5.74, 6) is 1.87. The number of rotatable bonds is 3. The standard InChI is InChI=1S/C18H22N6O/c1-12-19-15-5-4-13(10-16(15)23(12)3)18(25)20-14-6-9-24(11-14)17-7-8-22(2)21-17/h4-5,7-8,10,14H,6,9,11H2,1-3H3,(H,20,25). The Morgan fingerprint density at radius 2 is 2.12 bits per heavy atom. The van der Waals surface area contributed by atoms with Crippen LogP contribution in [0.5, 0.6) is 0 Å². The third kappa shape index (κ3) is 2.86. The summed E-state index contributed by atoms with van der Waals surface area (Å²) in [6.45, 7) is 3.65. The second-order valence-electron chi connectivity index (χ2n) is 6.67. The maximum atomic E-state index is 12.6. The number of imidazole rings is 1. The van der Waals surface area contributed by atoms with Crippen molar-refractivity contribution in [3.05, 3.63) is 41.9 Å². The van der Waals surface area contributed by atoms with Crippen molar-refractivity contribution >= 4 is 22.8 Å². The van der Waals surface area contributed by atoms with E-state index in [4.69, 9.17) is 0 Å². The molecule has 3 aromatic rings. The molecule has 130 valence electrons. The highest BCUT2D eigenvalue weighted by Crippen LogP contribution is 2.19. The van der Waals surface area contributed by atoms with Crippen molar-refractivity contribution in [2.75, 3.05) is 18.0 Å². The van der Waals surface area contributed by atoms with Gasteiger partial charge in [-0.2, -0.15) is 5.10 Å². The zero-order chi connectivity index (χ0) is 17.6. The molecular formula is C18H22N6O. The molecule has 0 aliphatic carbocycles. The van der Waals surface area contributed by atoms with Crippen LogP contribution < -0.4 is 10.2 Å². The van der Waals surface area contributed by atoms with Gasteiger partial charge in [0.25, 0.3) is 5.91 Å². The van der Waals surface area contributed by atoms with Crippen LogP contribution >= 0.6 is 0 Å². The van der Waals surface area contributed by atoms with Crippen molar-refractivity contribution in [2.45, 2.75) is 19.4 Å². The molecule has 1 fully saturated rings. The average Bonchev–Trinajstić information content (AvgIpc) is 3.28. The summed E-state index contributed by atoms with van der Waals surface area (Å²) in [4.78, 5) is 19.3. The predicted molar refractivity (Wildman–Crippen MR) is 96.7 cm³/mol. The first-order chi connectivity index (χ1) is 12.0. The molecule has 1 aliphatic rings. The lowest BCUT2D eigenvalue weighted by Gasteiger charge is -2.16. The molecule has 0 saturated carbocycles. The van der Waals surface area contributed by atoms with Crippen molar-refractivity contribution in [3.8, 4) is 0 Å². The minimum absolute atomic E-state index is 0.0337. The molecule has 3 heterocycles. The number of aryl methyl sites for hydroxylation is 3. The molecule has 2 aromatic heterocycles. The fourth-order valence-corrected chi connectivity index (χ4v) is 3.38. The highest BCUT2D eigenvalue weighted by atomic mass is 16.1.